The van der Waals surface area contributed by atoms with Gasteiger partial charge in [0.1, 0.15) is 5.88 Å². The zero-order valence-corrected chi connectivity index (χ0v) is 46.6. The molecule has 17 heteroatoms. The fraction of sp³-hybridized carbons (Fsp3) is 0.213. The van der Waals surface area contributed by atoms with Gasteiger partial charge in [0.05, 0.1) is 42.4 Å². The van der Waals surface area contributed by atoms with Crippen LogP contribution < -0.4 is 31.2 Å². The van der Waals surface area contributed by atoms with E-state index in [2.05, 4.69) is 36.0 Å². The topological polar surface area (TPSA) is 180 Å². The molecule has 4 N–H and O–H groups in total. The maximum atomic E-state index is 14.6. The number of halogens is 1. The summed E-state index contributed by atoms with van der Waals surface area (Å²) in [7, 11) is 0. The summed E-state index contributed by atoms with van der Waals surface area (Å²) >= 11 is 6.09. The van der Waals surface area contributed by atoms with Gasteiger partial charge in [0.25, 0.3) is 0 Å². The van der Waals surface area contributed by atoms with Crippen molar-refractivity contribution in [1.82, 2.24) is 34.6 Å². The number of carbonyl (C=O) groups excluding carboxylic acids is 4. The predicted octanol–water partition coefficient (Wildman–Crippen LogP) is 9.69. The fourth-order valence-corrected chi connectivity index (χ4v) is 11.2. The van der Waals surface area contributed by atoms with Gasteiger partial charge >= 0.3 is 19.5 Å². The van der Waals surface area contributed by atoms with E-state index < -0.39 is 0 Å². The van der Waals surface area contributed by atoms with E-state index in [0.717, 1.165) is 19.3 Å². The van der Waals surface area contributed by atoms with Crippen LogP contribution in [0.3, 0.4) is 0 Å². The molecule has 3 atom stereocenters. The van der Waals surface area contributed by atoms with Crippen LogP contribution in [0.1, 0.15) is 42.0 Å². The minimum absolute atomic E-state index is 0. The number of nitrogens with one attached hydrogen (secondary N) is 4. The van der Waals surface area contributed by atoms with Crippen LogP contribution in [0.2, 0.25) is 0 Å². The molecule has 8 heterocycles. The molecule has 0 saturated carbocycles. The summed E-state index contributed by atoms with van der Waals surface area (Å²) in [6, 6.07) is 38.5. The Morgan fingerprint density at radius 1 is 0.462 bits per heavy atom. The van der Waals surface area contributed by atoms with Crippen LogP contribution in [-0.2, 0) is 38.7 Å². The monoisotopic (exact) mass is 1100 g/mol. The number of alkyl halides is 1. The van der Waals surface area contributed by atoms with Gasteiger partial charge in [-0.3, -0.25) is 33.9 Å². The van der Waals surface area contributed by atoms with E-state index in [1.807, 2.05) is 146 Å². The molecule has 386 valence electrons. The van der Waals surface area contributed by atoms with E-state index >= 15 is 0 Å². The van der Waals surface area contributed by atoms with Crippen LogP contribution in [0.5, 0.6) is 0 Å². The van der Waals surface area contributed by atoms with Crippen LogP contribution >= 0.6 is 11.6 Å². The number of para-hydroxylation sites is 4. The third-order valence-corrected chi connectivity index (χ3v) is 14.8. The molecule has 5 aliphatic heterocycles. The first kappa shape index (κ1) is 52.2. The molecule has 0 spiro atoms. The first-order chi connectivity index (χ1) is 37.7. The molecule has 4 aromatic carbocycles. The molecule has 5 aliphatic rings. The van der Waals surface area contributed by atoms with Gasteiger partial charge in [-0.1, -0.05) is 97.1 Å². The molecule has 7 aromatic rings. The first-order valence-electron chi connectivity index (χ1n) is 26.1. The number of fused-ring (bicyclic) bond motifs is 18. The minimum Gasteiger partial charge on any atom is -0.657 e. The maximum Gasteiger partial charge on any atom is 2.00 e. The molecular formula is C61H54ClN11O4Zn. The van der Waals surface area contributed by atoms with Gasteiger partial charge in [-0.05, 0) is 129 Å². The molecule has 1 saturated heterocycles. The Morgan fingerprint density at radius 3 is 1.12 bits per heavy atom. The number of rotatable bonds is 3. The van der Waals surface area contributed by atoms with Crippen molar-refractivity contribution >= 4 is 104 Å². The quantitative estimate of drug-likeness (QED) is 0.0978. The predicted molar refractivity (Wildman–Crippen MR) is 307 cm³/mol. The van der Waals surface area contributed by atoms with Crippen molar-refractivity contribution in [2.45, 2.75) is 19.3 Å². The van der Waals surface area contributed by atoms with Crippen molar-refractivity contribution in [3.63, 3.8) is 0 Å². The van der Waals surface area contributed by atoms with E-state index in [4.69, 9.17) is 31.5 Å². The van der Waals surface area contributed by atoms with Crippen molar-refractivity contribution in [3.05, 3.63) is 144 Å². The van der Waals surface area contributed by atoms with E-state index in [1.54, 1.807) is 0 Å². The molecule has 4 amide bonds. The number of carbonyl (C=O) groups is 4. The summed E-state index contributed by atoms with van der Waals surface area (Å²) in [4.78, 5) is 85.0. The van der Waals surface area contributed by atoms with Gasteiger partial charge in [-0.15, -0.1) is 33.7 Å². The van der Waals surface area contributed by atoms with Gasteiger partial charge < -0.3 is 31.2 Å². The van der Waals surface area contributed by atoms with Crippen LogP contribution in [-0.4, -0.2) is 113 Å². The zero-order valence-electron chi connectivity index (χ0n) is 42.9. The summed E-state index contributed by atoms with van der Waals surface area (Å²) in [5, 5.41) is 12.9. The van der Waals surface area contributed by atoms with Crippen molar-refractivity contribution in [2.24, 2.45) is 0 Å². The second-order valence-corrected chi connectivity index (χ2v) is 20.0. The average Bonchev–Trinajstić information content (AvgIpc) is 4.36. The van der Waals surface area contributed by atoms with E-state index in [-0.39, 0.29) is 68.6 Å². The number of nitrogens with zero attached hydrogens (tertiary/aromatic N) is 7. The Labute approximate surface area is 469 Å². The number of benzene rings is 4. The van der Waals surface area contributed by atoms with E-state index in [0.29, 0.717) is 151 Å². The van der Waals surface area contributed by atoms with Gasteiger partial charge in [0.2, 0.25) is 23.6 Å². The van der Waals surface area contributed by atoms with Crippen LogP contribution in [0.4, 0.5) is 22.7 Å². The smallest absolute Gasteiger partial charge is 0.657 e. The number of hydrogen-bond donors (Lipinski definition) is 4. The fourth-order valence-electron chi connectivity index (χ4n) is 11.2. The van der Waals surface area contributed by atoms with Gasteiger partial charge in [0.15, 0.2) is 0 Å². The Bertz CT molecular complexity index is 3690. The normalized spacial score (nSPS) is 18.4. The van der Waals surface area contributed by atoms with Crippen molar-refractivity contribution in [3.8, 4) is 44.5 Å². The SMILES string of the molecule is O=C(CCl)Nc1ccccc1-c1c2nc(c3c4ccc([n-]4)c4c5nc(c(c6ccc1[n-]6)-c1ccccc1NC(=O)CN1CCCN(CCCN(CCC1)CC(=O)Nc1ccccc1-4)CC(=O)Nc1ccccc1-3)C=C5)C=C2.[Zn+2]. The molecule has 0 radical (unpaired) electrons. The number of anilines is 4. The van der Waals surface area contributed by atoms with Gasteiger partial charge in [-0.25, -0.2) is 9.97 Å². The molecule has 3 unspecified atom stereocenters. The Kier molecular flexibility index (Phi) is 15.4. The van der Waals surface area contributed by atoms with Crippen LogP contribution in [0, 0.1) is 0 Å². The molecular weight excluding hydrogens is 1050 g/mol. The van der Waals surface area contributed by atoms with Crippen molar-refractivity contribution in [2.75, 3.05) is 86.0 Å². The Hall–Kier alpha value is -7.85. The maximum absolute atomic E-state index is 14.6. The third-order valence-electron chi connectivity index (χ3n) is 14.6. The van der Waals surface area contributed by atoms with Crippen molar-refractivity contribution < 1.29 is 38.7 Å². The molecule has 12 rings (SSSR count). The second-order valence-electron chi connectivity index (χ2n) is 19.8. The molecule has 78 heavy (non-hydrogen) atoms. The Balaban J connectivity index is 0.00000645. The van der Waals surface area contributed by atoms with Gasteiger partial charge in [-0.2, -0.15) is 0 Å². The largest absolute Gasteiger partial charge is 2.00 e. The number of hydrogen-bond acceptors (Lipinski definition) is 9. The second kappa shape index (κ2) is 23.0. The van der Waals surface area contributed by atoms with Crippen LogP contribution in [0.15, 0.2) is 121 Å². The molecule has 0 aliphatic carbocycles. The van der Waals surface area contributed by atoms with E-state index in [9.17, 15) is 19.2 Å². The number of amides is 4. The first-order valence-corrected chi connectivity index (χ1v) is 26.6. The molecule has 15 nitrogen and oxygen atoms in total. The summed E-state index contributed by atoms with van der Waals surface area (Å²) < 4.78 is 0. The summed E-state index contributed by atoms with van der Waals surface area (Å²) in [5.41, 5.74) is 12.2. The third kappa shape index (κ3) is 10.9. The van der Waals surface area contributed by atoms with Crippen LogP contribution in [0.25, 0.3) is 90.9 Å². The number of aromatic nitrogens is 4. The van der Waals surface area contributed by atoms with Crippen molar-refractivity contribution in [1.29, 1.82) is 0 Å². The summed E-state index contributed by atoms with van der Waals surface area (Å²) in [5.74, 6) is -1.17. The summed E-state index contributed by atoms with van der Waals surface area (Å²) in [6.45, 7) is 4.10. The Morgan fingerprint density at radius 2 is 0.769 bits per heavy atom. The zero-order chi connectivity index (χ0) is 52.4. The van der Waals surface area contributed by atoms with E-state index in [1.165, 1.54) is 0 Å². The summed E-state index contributed by atoms with van der Waals surface area (Å²) in [6.07, 6.45) is 9.98. The molecule has 3 aromatic heterocycles. The minimum atomic E-state index is -0.378. The molecule has 1 fully saturated rings. The molecule has 14 bridgehead atoms. The van der Waals surface area contributed by atoms with Gasteiger partial charge in [0, 0.05) is 45.0 Å². The average molecular weight is 1110 g/mol. The standard InChI is InChI=1S/C61H56ClN11O4.Zn/c62-34-54(74)67-42-16-5-1-12-38(42)58-46-20-22-48(63-46)59-39-13-2-6-17-43(39)68-55(75)35-71-28-9-29-72-31-11-33-73(32-10-30-71)37-57(77)70-45-19-8-4-15-41(45)61(52-26-24-50(59)65-52)53-27-25-51(66-53)60(49-23-21-47(58)64-49)40-14-3-7-18-44(40)69-56(76)36-72;/h1-8,12-27H,9-11,28-37H2,(H6,63,64,65,66,67,68,69,70,74,75,76,77);/q;+2/p-2.